The van der Waals surface area contributed by atoms with Gasteiger partial charge in [0, 0.05) is 6.42 Å². The minimum Gasteiger partial charge on any atom is -0.330 e. The van der Waals surface area contributed by atoms with E-state index in [1.807, 2.05) is 0 Å². The molecule has 0 aromatic heterocycles. The van der Waals surface area contributed by atoms with Gasteiger partial charge in [-0.05, 0) is 30.9 Å². The highest BCUT2D eigenvalue weighted by molar-refractivity contribution is 6.20. The summed E-state index contributed by atoms with van der Waals surface area (Å²) in [6, 6.07) is 6.47. The molecule has 1 aliphatic carbocycles. The quantitative estimate of drug-likeness (QED) is 0.784. The van der Waals surface area contributed by atoms with E-state index < -0.39 is 17.8 Å². The summed E-state index contributed by atoms with van der Waals surface area (Å²) >= 11 is 0. The van der Waals surface area contributed by atoms with Crippen LogP contribution in [0.3, 0.4) is 0 Å². The lowest BCUT2D eigenvalue weighted by molar-refractivity contribution is -0.168. The molecule has 5 nitrogen and oxygen atoms in total. The zero-order chi connectivity index (χ0) is 15.5. The van der Waals surface area contributed by atoms with Crippen LogP contribution in [0.25, 0.3) is 0 Å². The maximum Gasteiger partial charge on any atom is 0.333 e. The van der Waals surface area contributed by atoms with Gasteiger partial charge >= 0.3 is 5.97 Å². The van der Waals surface area contributed by atoms with Crippen molar-refractivity contribution in [1.29, 1.82) is 0 Å². The Morgan fingerprint density at radius 2 is 1.68 bits per heavy atom. The number of nitrogens with zero attached hydrogens (tertiary/aromatic N) is 1. The van der Waals surface area contributed by atoms with Gasteiger partial charge in [0.05, 0.1) is 11.1 Å². The van der Waals surface area contributed by atoms with Crippen LogP contribution >= 0.6 is 0 Å². The van der Waals surface area contributed by atoms with Crippen molar-refractivity contribution < 1.29 is 19.2 Å². The molecule has 0 unspecified atom stereocenters. The molecular formula is C17H19NO4. The Kier molecular flexibility index (Phi) is 4.22. The number of carbonyl (C=O) groups is 3. The fourth-order valence-electron chi connectivity index (χ4n) is 3.23. The second-order valence-electron chi connectivity index (χ2n) is 5.96. The van der Waals surface area contributed by atoms with E-state index in [1.54, 1.807) is 24.3 Å². The highest BCUT2D eigenvalue weighted by Crippen LogP contribution is 2.29. The number of carbonyl (C=O) groups excluding carboxylic acids is 3. The number of hydrogen-bond acceptors (Lipinski definition) is 4. The number of amides is 2. The van der Waals surface area contributed by atoms with Crippen molar-refractivity contribution >= 4 is 17.8 Å². The number of hydrogen-bond donors (Lipinski definition) is 0. The van der Waals surface area contributed by atoms with Crippen LogP contribution in [-0.4, -0.2) is 22.8 Å². The molecule has 2 aliphatic rings. The number of benzene rings is 1. The predicted octanol–water partition coefficient (Wildman–Crippen LogP) is 3.10. The van der Waals surface area contributed by atoms with E-state index in [1.165, 1.54) is 25.7 Å². The molecule has 22 heavy (non-hydrogen) atoms. The number of fused-ring (bicyclic) bond motifs is 1. The van der Waals surface area contributed by atoms with Crippen molar-refractivity contribution in [3.8, 4) is 0 Å². The Bertz CT molecular complexity index is 569. The van der Waals surface area contributed by atoms with Crippen molar-refractivity contribution in [2.24, 2.45) is 5.92 Å². The van der Waals surface area contributed by atoms with Gasteiger partial charge < -0.3 is 4.84 Å². The summed E-state index contributed by atoms with van der Waals surface area (Å²) in [5.74, 6) is -0.936. The first-order chi connectivity index (χ1) is 10.7. The van der Waals surface area contributed by atoms with Gasteiger partial charge in [0.1, 0.15) is 0 Å². The molecular weight excluding hydrogens is 282 g/mol. The largest absolute Gasteiger partial charge is 0.333 e. The Labute approximate surface area is 129 Å². The van der Waals surface area contributed by atoms with Crippen molar-refractivity contribution in [3.63, 3.8) is 0 Å². The molecule has 5 heteroatoms. The average molecular weight is 301 g/mol. The summed E-state index contributed by atoms with van der Waals surface area (Å²) in [4.78, 5) is 40.9. The van der Waals surface area contributed by atoms with Crippen LogP contribution in [0.15, 0.2) is 24.3 Å². The Hall–Kier alpha value is -2.17. The molecule has 0 spiro atoms. The first-order valence-electron chi connectivity index (χ1n) is 7.85. The third kappa shape index (κ3) is 2.89. The van der Waals surface area contributed by atoms with E-state index in [0.29, 0.717) is 11.0 Å². The lowest BCUT2D eigenvalue weighted by atomic mass is 10.0. The number of imide groups is 1. The standard InChI is InChI=1S/C17H19NO4/c19-15(11-5-8-12-6-1-2-7-12)22-18-16(20)13-9-3-4-10-14(13)17(18)21/h3-4,9-10,12H,1-2,5-8,11H2. The van der Waals surface area contributed by atoms with Crippen molar-refractivity contribution in [2.75, 3.05) is 0 Å². The third-order valence-corrected chi connectivity index (χ3v) is 4.42. The van der Waals surface area contributed by atoms with Gasteiger partial charge in [0.25, 0.3) is 11.8 Å². The van der Waals surface area contributed by atoms with E-state index in [4.69, 9.17) is 4.84 Å². The summed E-state index contributed by atoms with van der Waals surface area (Å²) in [5.41, 5.74) is 0.567. The summed E-state index contributed by atoms with van der Waals surface area (Å²) in [6.07, 6.45) is 7.04. The molecule has 1 aliphatic heterocycles. The highest BCUT2D eigenvalue weighted by Gasteiger charge is 2.38. The minimum atomic E-state index is -0.565. The molecule has 1 aromatic carbocycles. The van der Waals surface area contributed by atoms with Crippen LogP contribution in [0.4, 0.5) is 0 Å². The first kappa shape index (κ1) is 14.8. The van der Waals surface area contributed by atoms with E-state index >= 15 is 0 Å². The van der Waals surface area contributed by atoms with Gasteiger partial charge in [-0.2, -0.15) is 0 Å². The smallest absolute Gasteiger partial charge is 0.330 e. The highest BCUT2D eigenvalue weighted by atomic mass is 16.7. The molecule has 0 bridgehead atoms. The fraction of sp³-hybridized carbons (Fsp3) is 0.471. The molecule has 0 radical (unpaired) electrons. The molecule has 0 atom stereocenters. The maximum absolute atomic E-state index is 12.1. The molecule has 1 aromatic rings. The van der Waals surface area contributed by atoms with Crippen LogP contribution in [0.1, 0.15) is 65.7 Å². The molecule has 3 rings (SSSR count). The summed E-state index contributed by atoms with van der Waals surface area (Å²) in [5, 5.41) is 0.586. The van der Waals surface area contributed by atoms with Crippen molar-refractivity contribution in [1.82, 2.24) is 5.06 Å². The molecule has 116 valence electrons. The van der Waals surface area contributed by atoms with Crippen LogP contribution < -0.4 is 0 Å². The molecule has 1 fully saturated rings. The lowest BCUT2D eigenvalue weighted by Gasteiger charge is -2.13. The molecule has 0 N–H and O–H groups in total. The van der Waals surface area contributed by atoms with Crippen molar-refractivity contribution in [2.45, 2.75) is 44.9 Å². The number of hydroxylamine groups is 2. The average Bonchev–Trinajstić information content (AvgIpc) is 3.11. The van der Waals surface area contributed by atoms with E-state index in [2.05, 4.69) is 0 Å². The summed E-state index contributed by atoms with van der Waals surface area (Å²) in [6.45, 7) is 0. The lowest BCUT2D eigenvalue weighted by Crippen LogP contribution is -2.32. The van der Waals surface area contributed by atoms with Crippen LogP contribution in [0, 0.1) is 5.92 Å². The third-order valence-electron chi connectivity index (χ3n) is 4.42. The van der Waals surface area contributed by atoms with Crippen LogP contribution in [0.2, 0.25) is 0 Å². The summed E-state index contributed by atoms with van der Waals surface area (Å²) in [7, 11) is 0. The summed E-state index contributed by atoms with van der Waals surface area (Å²) < 4.78 is 0. The minimum absolute atomic E-state index is 0.240. The molecule has 1 saturated carbocycles. The van der Waals surface area contributed by atoms with E-state index in [0.717, 1.165) is 12.8 Å². The Morgan fingerprint density at radius 1 is 1.09 bits per heavy atom. The second kappa shape index (κ2) is 6.30. The predicted molar refractivity (Wildman–Crippen MR) is 78.8 cm³/mol. The van der Waals surface area contributed by atoms with Gasteiger partial charge in [-0.25, -0.2) is 4.79 Å². The zero-order valence-electron chi connectivity index (χ0n) is 12.4. The molecule has 2 amide bonds. The van der Waals surface area contributed by atoms with Gasteiger partial charge in [-0.3, -0.25) is 9.59 Å². The van der Waals surface area contributed by atoms with E-state index in [-0.39, 0.29) is 17.5 Å². The maximum atomic E-state index is 12.1. The number of rotatable bonds is 5. The van der Waals surface area contributed by atoms with Gasteiger partial charge in [-0.1, -0.05) is 42.9 Å². The Morgan fingerprint density at radius 3 is 2.27 bits per heavy atom. The van der Waals surface area contributed by atoms with E-state index in [9.17, 15) is 14.4 Å². The monoisotopic (exact) mass is 301 g/mol. The topological polar surface area (TPSA) is 63.7 Å². The Balaban J connectivity index is 1.52. The van der Waals surface area contributed by atoms with Crippen LogP contribution in [0.5, 0.6) is 0 Å². The van der Waals surface area contributed by atoms with Crippen molar-refractivity contribution in [3.05, 3.63) is 35.4 Å². The molecule has 0 saturated heterocycles. The van der Waals surface area contributed by atoms with Gasteiger partial charge in [0.2, 0.25) is 0 Å². The molecule has 1 heterocycles. The van der Waals surface area contributed by atoms with Gasteiger partial charge in [-0.15, -0.1) is 0 Å². The SMILES string of the molecule is O=C(CCCC1CCCC1)ON1C(=O)c2ccccc2C1=O. The fourth-order valence-corrected chi connectivity index (χ4v) is 3.23. The second-order valence-corrected chi connectivity index (χ2v) is 5.96. The van der Waals surface area contributed by atoms with Crippen LogP contribution in [-0.2, 0) is 9.63 Å². The van der Waals surface area contributed by atoms with Gasteiger partial charge in [0.15, 0.2) is 0 Å². The zero-order valence-corrected chi connectivity index (χ0v) is 12.4. The normalized spacial score (nSPS) is 17.9. The first-order valence-corrected chi connectivity index (χ1v) is 7.85.